The second-order valence-electron chi connectivity index (χ2n) is 8.56. The van der Waals surface area contributed by atoms with Crippen LogP contribution in [-0.4, -0.2) is 84.1 Å². The standard InChI is InChI=1S/C22H25ClN8O4S/c1-29-13-24-27-22(29)36-12-20(32)30-9-17-19(10-30)35-11-15-8-31(28-26-15)5-2-6-34-18-7-14(21(33)25-17)3-4-16(18)23/h3-4,7-8,13,17,19H,2,5-6,9-12H2,1H3,(H,25,33)/t17-,19-/m0/s1. The van der Waals surface area contributed by atoms with Gasteiger partial charge in [-0.05, 0) is 18.2 Å². The van der Waals surface area contributed by atoms with Crippen LogP contribution in [0.3, 0.4) is 0 Å². The van der Waals surface area contributed by atoms with E-state index in [0.717, 1.165) is 0 Å². The normalized spacial score (nSPS) is 20.5. The Hall–Kier alpha value is -3.16. The summed E-state index contributed by atoms with van der Waals surface area (Å²) in [6.45, 7) is 1.89. The average Bonchev–Trinajstić information content (AvgIpc) is 3.59. The molecule has 2 aliphatic rings. The zero-order valence-corrected chi connectivity index (χ0v) is 21.1. The largest absolute Gasteiger partial charge is 0.492 e. The van der Waals surface area contributed by atoms with Crippen molar-refractivity contribution < 1.29 is 19.1 Å². The van der Waals surface area contributed by atoms with E-state index in [2.05, 4.69) is 25.8 Å². The Morgan fingerprint density at radius 1 is 1.31 bits per heavy atom. The second-order valence-corrected chi connectivity index (χ2v) is 9.91. The van der Waals surface area contributed by atoms with Crippen LogP contribution in [0, 0.1) is 0 Å². The van der Waals surface area contributed by atoms with Gasteiger partial charge in [0.1, 0.15) is 17.8 Å². The van der Waals surface area contributed by atoms with Crippen LogP contribution in [-0.2, 0) is 29.7 Å². The highest BCUT2D eigenvalue weighted by molar-refractivity contribution is 7.99. The molecule has 36 heavy (non-hydrogen) atoms. The minimum atomic E-state index is -0.418. The number of aryl methyl sites for hydroxylation is 2. The van der Waals surface area contributed by atoms with E-state index in [1.807, 2.05) is 13.2 Å². The number of likely N-dealkylation sites (tertiary alicyclic amines) is 1. The lowest BCUT2D eigenvalue weighted by atomic mass is 10.1. The van der Waals surface area contributed by atoms with Gasteiger partial charge in [-0.3, -0.25) is 14.3 Å². The number of amides is 2. The first-order valence-corrected chi connectivity index (χ1v) is 12.8. The molecule has 2 aromatic heterocycles. The molecule has 0 unspecified atom stereocenters. The number of rotatable bonds is 3. The predicted octanol–water partition coefficient (Wildman–Crippen LogP) is 1.16. The van der Waals surface area contributed by atoms with Crippen LogP contribution >= 0.6 is 23.4 Å². The third kappa shape index (κ3) is 5.63. The van der Waals surface area contributed by atoms with E-state index < -0.39 is 12.1 Å². The smallest absolute Gasteiger partial charge is 0.251 e. The molecule has 0 saturated carbocycles. The first-order chi connectivity index (χ1) is 17.5. The fraction of sp³-hybridized carbons (Fsp3) is 0.455. The minimum Gasteiger partial charge on any atom is -0.492 e. The summed E-state index contributed by atoms with van der Waals surface area (Å²) in [5.41, 5.74) is 1.09. The molecule has 14 heteroatoms. The number of hydrogen-bond donors (Lipinski definition) is 1. The van der Waals surface area contributed by atoms with Crippen molar-refractivity contribution in [1.29, 1.82) is 0 Å². The summed E-state index contributed by atoms with van der Waals surface area (Å²) in [7, 11) is 1.82. The molecule has 1 aromatic carbocycles. The monoisotopic (exact) mass is 532 g/mol. The molecule has 190 valence electrons. The van der Waals surface area contributed by atoms with E-state index in [-0.39, 0.29) is 24.2 Å². The van der Waals surface area contributed by atoms with Gasteiger partial charge in [0.15, 0.2) is 5.16 Å². The molecule has 12 nitrogen and oxygen atoms in total. The lowest BCUT2D eigenvalue weighted by Gasteiger charge is -2.20. The van der Waals surface area contributed by atoms with E-state index in [4.69, 9.17) is 21.1 Å². The molecule has 0 aliphatic carbocycles. The highest BCUT2D eigenvalue weighted by atomic mass is 35.5. The van der Waals surface area contributed by atoms with Gasteiger partial charge in [0.05, 0.1) is 42.3 Å². The average molecular weight is 533 g/mol. The maximum atomic E-state index is 13.1. The Labute approximate surface area is 216 Å². The summed E-state index contributed by atoms with van der Waals surface area (Å²) >= 11 is 7.58. The molecule has 2 atom stereocenters. The molecule has 1 fully saturated rings. The zero-order valence-electron chi connectivity index (χ0n) is 19.5. The highest BCUT2D eigenvalue weighted by Crippen LogP contribution is 2.26. The maximum Gasteiger partial charge on any atom is 0.251 e. The van der Waals surface area contributed by atoms with Crippen molar-refractivity contribution in [2.45, 2.75) is 36.9 Å². The van der Waals surface area contributed by atoms with Gasteiger partial charge in [-0.2, -0.15) is 0 Å². The first-order valence-electron chi connectivity index (χ1n) is 11.4. The Bertz CT molecular complexity index is 1250. The third-order valence-electron chi connectivity index (χ3n) is 5.94. The number of ether oxygens (including phenoxy) is 2. The Morgan fingerprint density at radius 3 is 3.03 bits per heavy atom. The van der Waals surface area contributed by atoms with Crippen LogP contribution in [0.4, 0.5) is 0 Å². The van der Waals surface area contributed by atoms with E-state index in [1.54, 1.807) is 38.7 Å². The lowest BCUT2D eigenvalue weighted by Crippen LogP contribution is -2.44. The van der Waals surface area contributed by atoms with Gasteiger partial charge in [0.25, 0.3) is 5.91 Å². The molecular formula is C22H25ClN8O4S. The van der Waals surface area contributed by atoms with Crippen molar-refractivity contribution in [1.82, 2.24) is 40.0 Å². The number of benzene rings is 1. The number of nitrogens with one attached hydrogen (secondary N) is 1. The Kier molecular flexibility index (Phi) is 7.39. The van der Waals surface area contributed by atoms with Crippen molar-refractivity contribution in [3.8, 4) is 5.75 Å². The van der Waals surface area contributed by atoms with Crippen LogP contribution in [0.1, 0.15) is 22.5 Å². The second kappa shape index (κ2) is 10.8. The van der Waals surface area contributed by atoms with Gasteiger partial charge in [-0.25, -0.2) is 0 Å². The van der Waals surface area contributed by atoms with Crippen LogP contribution in [0.5, 0.6) is 5.75 Å². The van der Waals surface area contributed by atoms with Gasteiger partial charge in [0, 0.05) is 38.7 Å². The number of carbonyl (C=O) groups excluding carboxylic acids is 2. The molecule has 2 amide bonds. The summed E-state index contributed by atoms with van der Waals surface area (Å²) in [6, 6.07) is 4.50. The molecule has 2 aliphatic heterocycles. The van der Waals surface area contributed by atoms with Gasteiger partial charge in [-0.15, -0.1) is 15.3 Å². The van der Waals surface area contributed by atoms with Crippen molar-refractivity contribution in [2.75, 3.05) is 25.4 Å². The summed E-state index contributed by atoms with van der Waals surface area (Å²) in [4.78, 5) is 27.8. The molecule has 5 rings (SSSR count). The van der Waals surface area contributed by atoms with E-state index in [9.17, 15) is 9.59 Å². The molecule has 1 saturated heterocycles. The number of hydrogen-bond acceptors (Lipinski definition) is 9. The van der Waals surface area contributed by atoms with Crippen LogP contribution in [0.25, 0.3) is 0 Å². The molecule has 0 radical (unpaired) electrons. The predicted molar refractivity (Wildman–Crippen MR) is 130 cm³/mol. The van der Waals surface area contributed by atoms with Crippen LogP contribution in [0.2, 0.25) is 5.02 Å². The van der Waals surface area contributed by atoms with Crippen LogP contribution in [0.15, 0.2) is 35.9 Å². The van der Waals surface area contributed by atoms with Gasteiger partial charge < -0.3 is 24.3 Å². The summed E-state index contributed by atoms with van der Waals surface area (Å²) in [5, 5.41) is 20.2. The van der Waals surface area contributed by atoms with Crippen molar-refractivity contribution in [2.24, 2.45) is 7.05 Å². The fourth-order valence-corrected chi connectivity index (χ4v) is 4.99. The SMILES string of the molecule is Cn1cnnc1SCC(=O)N1C[C@@H]2NC(=O)c3ccc(Cl)c(c3)OCCCn3cc(nn3)CO[C@H]2C1. The zero-order chi connectivity index (χ0) is 25.1. The third-order valence-corrected chi connectivity index (χ3v) is 7.28. The highest BCUT2D eigenvalue weighted by Gasteiger charge is 2.37. The summed E-state index contributed by atoms with van der Waals surface area (Å²) < 4.78 is 15.4. The van der Waals surface area contributed by atoms with Crippen LogP contribution < -0.4 is 10.1 Å². The van der Waals surface area contributed by atoms with Crippen molar-refractivity contribution >= 4 is 35.2 Å². The van der Waals surface area contributed by atoms with Gasteiger partial charge >= 0.3 is 0 Å². The number of fused-ring (bicyclic) bond motifs is 5. The molecular weight excluding hydrogens is 508 g/mol. The van der Waals surface area contributed by atoms with E-state index in [1.165, 1.54) is 11.8 Å². The summed E-state index contributed by atoms with van der Waals surface area (Å²) in [5.74, 6) is 0.266. The Balaban J connectivity index is 1.33. The van der Waals surface area contributed by atoms with E-state index in [0.29, 0.717) is 59.8 Å². The van der Waals surface area contributed by atoms with Gasteiger partial charge in [-0.1, -0.05) is 28.6 Å². The molecule has 1 N–H and O–H groups in total. The molecule has 0 spiro atoms. The quantitative estimate of drug-likeness (QED) is 0.494. The molecule has 4 bridgehead atoms. The van der Waals surface area contributed by atoms with E-state index >= 15 is 0 Å². The Morgan fingerprint density at radius 2 is 2.19 bits per heavy atom. The van der Waals surface area contributed by atoms with Gasteiger partial charge in [0.2, 0.25) is 5.91 Å². The first kappa shape index (κ1) is 24.5. The molecule has 3 aromatic rings. The topological polar surface area (TPSA) is 129 Å². The van der Waals surface area contributed by atoms with Crippen molar-refractivity contribution in [3.05, 3.63) is 47.0 Å². The number of nitrogens with zero attached hydrogens (tertiary/aromatic N) is 7. The number of halogens is 1. The minimum absolute atomic E-state index is 0.0765. The summed E-state index contributed by atoms with van der Waals surface area (Å²) in [6.07, 6.45) is 3.67. The fourth-order valence-electron chi connectivity index (χ4n) is 4.03. The number of aromatic nitrogens is 6. The lowest BCUT2D eigenvalue weighted by molar-refractivity contribution is -0.127. The number of thioether (sulfide) groups is 1. The maximum absolute atomic E-state index is 13.1. The molecule has 4 heterocycles. The van der Waals surface area contributed by atoms with Crippen molar-refractivity contribution in [3.63, 3.8) is 0 Å². The number of carbonyl (C=O) groups is 2.